The molecule has 1 aliphatic carbocycles. The van der Waals surface area contributed by atoms with Crippen molar-refractivity contribution in [1.82, 2.24) is 9.71 Å². The van der Waals surface area contributed by atoms with Crippen LogP contribution in [0.2, 0.25) is 0 Å². The highest BCUT2D eigenvalue weighted by Gasteiger charge is 2.48. The molecule has 31 heavy (non-hydrogen) atoms. The molecule has 1 aromatic carbocycles. The Labute approximate surface area is 186 Å². The van der Waals surface area contributed by atoms with Crippen LogP contribution in [0.15, 0.2) is 28.0 Å². The van der Waals surface area contributed by atoms with E-state index in [1.54, 1.807) is 6.07 Å². The topological polar surface area (TPSA) is 108 Å². The van der Waals surface area contributed by atoms with E-state index in [2.05, 4.69) is 15.0 Å². The van der Waals surface area contributed by atoms with Crippen molar-refractivity contribution < 1.29 is 22.7 Å². The summed E-state index contributed by atoms with van der Waals surface area (Å²) in [4.78, 5) is 17.0. The number of amides is 1. The summed E-state index contributed by atoms with van der Waals surface area (Å²) in [5.41, 5.74) is -0.377. The van der Waals surface area contributed by atoms with Crippen LogP contribution in [0.3, 0.4) is 0 Å². The summed E-state index contributed by atoms with van der Waals surface area (Å²) in [7, 11) is -4.08. The Morgan fingerprint density at radius 1 is 1.29 bits per heavy atom. The zero-order valence-corrected chi connectivity index (χ0v) is 19.6. The third-order valence-corrected chi connectivity index (χ3v) is 8.27. The average molecular weight is 470 g/mol. The summed E-state index contributed by atoms with van der Waals surface area (Å²) < 4.78 is 41.9. The molecule has 1 saturated carbocycles. The van der Waals surface area contributed by atoms with Gasteiger partial charge < -0.3 is 10.4 Å². The molecule has 1 heterocycles. The molecule has 0 bridgehead atoms. The average Bonchev–Trinajstić information content (AvgIpc) is 3.31. The van der Waals surface area contributed by atoms with Gasteiger partial charge in [-0.15, -0.1) is 11.3 Å². The Morgan fingerprint density at radius 3 is 2.58 bits per heavy atom. The molecule has 1 amide bonds. The van der Waals surface area contributed by atoms with Crippen molar-refractivity contribution in [2.45, 2.75) is 68.9 Å². The minimum Gasteiger partial charge on any atom is -0.374 e. The van der Waals surface area contributed by atoms with E-state index < -0.39 is 33.4 Å². The lowest BCUT2D eigenvalue weighted by molar-refractivity contribution is -0.127. The first-order valence-electron chi connectivity index (χ1n) is 10.2. The fraction of sp³-hybridized carbons (Fsp3) is 0.524. The van der Waals surface area contributed by atoms with Crippen molar-refractivity contribution >= 4 is 33.0 Å². The molecule has 1 aliphatic rings. The molecular formula is C21H28FN3O4S2. The van der Waals surface area contributed by atoms with Gasteiger partial charge in [-0.05, 0) is 42.7 Å². The number of anilines is 1. The van der Waals surface area contributed by atoms with Gasteiger partial charge in [0.2, 0.25) is 10.2 Å². The van der Waals surface area contributed by atoms with E-state index in [0.717, 1.165) is 16.9 Å². The van der Waals surface area contributed by atoms with E-state index in [9.17, 15) is 22.7 Å². The van der Waals surface area contributed by atoms with Crippen LogP contribution in [0, 0.1) is 11.7 Å². The lowest BCUT2D eigenvalue weighted by Crippen LogP contribution is -2.54. The normalized spacial score (nSPS) is 21.7. The highest BCUT2D eigenvalue weighted by molar-refractivity contribution is 7.91. The summed E-state index contributed by atoms with van der Waals surface area (Å²) in [6.07, 6.45) is 2.21. The summed E-state index contributed by atoms with van der Waals surface area (Å²) in [6.45, 7) is 7.57. The highest BCUT2D eigenvalue weighted by Crippen LogP contribution is 2.39. The van der Waals surface area contributed by atoms with Crippen LogP contribution in [0.1, 0.15) is 69.9 Å². The van der Waals surface area contributed by atoms with Gasteiger partial charge >= 0.3 is 0 Å². The first-order chi connectivity index (χ1) is 14.5. The van der Waals surface area contributed by atoms with Gasteiger partial charge in [0.25, 0.3) is 10.0 Å². The molecule has 10 heteroatoms. The summed E-state index contributed by atoms with van der Waals surface area (Å²) >= 11 is 0.921. The quantitative estimate of drug-likeness (QED) is 0.533. The maximum atomic E-state index is 14.6. The van der Waals surface area contributed by atoms with Crippen molar-refractivity contribution in [2.75, 3.05) is 5.32 Å². The molecule has 1 fully saturated rings. The maximum Gasteiger partial charge on any atom is 0.270 e. The van der Waals surface area contributed by atoms with Gasteiger partial charge in [-0.2, -0.15) is 4.72 Å². The monoisotopic (exact) mass is 469 g/mol. The molecule has 170 valence electrons. The van der Waals surface area contributed by atoms with Gasteiger partial charge in [0.05, 0.1) is 11.6 Å². The molecule has 2 aromatic rings. The van der Waals surface area contributed by atoms with Gasteiger partial charge in [0, 0.05) is 17.1 Å². The Morgan fingerprint density at radius 2 is 2.00 bits per heavy atom. The van der Waals surface area contributed by atoms with E-state index in [-0.39, 0.29) is 22.6 Å². The Kier molecular flexibility index (Phi) is 6.85. The van der Waals surface area contributed by atoms with Crippen molar-refractivity contribution in [3.8, 4) is 0 Å². The van der Waals surface area contributed by atoms with Crippen LogP contribution in [-0.2, 0) is 14.8 Å². The second kappa shape index (κ2) is 8.93. The van der Waals surface area contributed by atoms with Crippen LogP contribution in [0.5, 0.6) is 0 Å². The molecule has 0 spiro atoms. The number of nitrogens with one attached hydrogen (secondary N) is 2. The highest BCUT2D eigenvalue weighted by atomic mass is 32.2. The second-order valence-corrected chi connectivity index (χ2v) is 11.2. The number of nitrogens with zero attached hydrogens (tertiary/aromatic N) is 1. The lowest BCUT2D eigenvalue weighted by Gasteiger charge is -2.30. The van der Waals surface area contributed by atoms with Gasteiger partial charge in [0.1, 0.15) is 11.5 Å². The molecule has 3 N–H and O–H groups in total. The predicted octanol–water partition coefficient (Wildman–Crippen LogP) is 3.93. The van der Waals surface area contributed by atoms with Crippen molar-refractivity contribution in [3.05, 3.63) is 40.7 Å². The standard InChI is InChI=1S/C21H28FN3O4S2/c1-12(2)14-7-8-16(22)17(13(3)4)18(14)24-19(26)15-6-5-9-21(15,27)25-31(28,29)20-23-10-11-30-20/h7-8,10-13,15,25,27H,5-6,9H2,1-4H3,(H,24,26). The number of aliphatic hydroxyl groups is 1. The van der Waals surface area contributed by atoms with Crippen LogP contribution < -0.4 is 10.0 Å². The number of aromatic nitrogens is 1. The Bertz CT molecular complexity index is 1050. The first kappa shape index (κ1) is 23.8. The summed E-state index contributed by atoms with van der Waals surface area (Å²) in [5.74, 6) is -2.14. The van der Waals surface area contributed by atoms with Crippen LogP contribution in [0.25, 0.3) is 0 Å². The van der Waals surface area contributed by atoms with Crippen molar-refractivity contribution in [1.29, 1.82) is 0 Å². The molecule has 0 radical (unpaired) electrons. The van der Waals surface area contributed by atoms with E-state index >= 15 is 0 Å². The molecular weight excluding hydrogens is 441 g/mol. The molecule has 1 aromatic heterocycles. The van der Waals surface area contributed by atoms with Crippen LogP contribution >= 0.6 is 11.3 Å². The Balaban J connectivity index is 1.92. The second-order valence-electron chi connectivity index (χ2n) is 8.50. The smallest absolute Gasteiger partial charge is 0.270 e. The third-order valence-electron chi connectivity index (χ3n) is 5.57. The fourth-order valence-electron chi connectivity index (χ4n) is 4.08. The summed E-state index contributed by atoms with van der Waals surface area (Å²) in [5, 5.41) is 15.4. The minimum atomic E-state index is -4.08. The van der Waals surface area contributed by atoms with Gasteiger partial charge in [-0.1, -0.05) is 33.8 Å². The molecule has 0 saturated heterocycles. The van der Waals surface area contributed by atoms with Gasteiger partial charge in [-0.3, -0.25) is 4.79 Å². The SMILES string of the molecule is CC(C)c1ccc(F)c(C(C)C)c1NC(=O)C1CCCC1(O)NS(=O)(=O)c1nccs1. The Hall–Kier alpha value is -1.88. The van der Waals surface area contributed by atoms with Crippen LogP contribution in [-0.4, -0.2) is 30.1 Å². The molecule has 7 nitrogen and oxygen atoms in total. The third kappa shape index (κ3) is 4.82. The number of sulfonamides is 1. The summed E-state index contributed by atoms with van der Waals surface area (Å²) in [6, 6.07) is 3.04. The van der Waals surface area contributed by atoms with E-state index in [1.807, 2.05) is 27.7 Å². The zero-order valence-electron chi connectivity index (χ0n) is 18.0. The van der Waals surface area contributed by atoms with Gasteiger partial charge in [-0.25, -0.2) is 17.8 Å². The van der Waals surface area contributed by atoms with Gasteiger partial charge in [0.15, 0.2) is 0 Å². The molecule has 2 atom stereocenters. The predicted molar refractivity (Wildman–Crippen MR) is 118 cm³/mol. The fourth-order valence-corrected chi connectivity index (χ4v) is 6.24. The minimum absolute atomic E-state index is 0.0271. The van der Waals surface area contributed by atoms with Crippen molar-refractivity contribution in [2.24, 2.45) is 5.92 Å². The zero-order chi connectivity index (χ0) is 23.0. The number of carbonyl (C=O) groups is 1. The number of rotatable bonds is 7. The van der Waals surface area contributed by atoms with Crippen molar-refractivity contribution in [3.63, 3.8) is 0 Å². The molecule has 2 unspecified atom stereocenters. The lowest BCUT2D eigenvalue weighted by atomic mass is 9.91. The molecule has 0 aliphatic heterocycles. The number of thiazole rings is 1. The molecule has 3 rings (SSSR count). The van der Waals surface area contributed by atoms with E-state index in [4.69, 9.17) is 0 Å². The number of hydrogen-bond donors (Lipinski definition) is 3. The first-order valence-corrected chi connectivity index (χ1v) is 12.6. The maximum absolute atomic E-state index is 14.6. The number of hydrogen-bond acceptors (Lipinski definition) is 6. The number of carbonyl (C=O) groups excluding carboxylic acids is 1. The largest absolute Gasteiger partial charge is 0.374 e. The number of benzene rings is 1. The van der Waals surface area contributed by atoms with E-state index in [0.29, 0.717) is 24.1 Å². The number of halogens is 1. The van der Waals surface area contributed by atoms with E-state index in [1.165, 1.54) is 17.6 Å². The van der Waals surface area contributed by atoms with Crippen LogP contribution in [0.4, 0.5) is 10.1 Å².